The lowest BCUT2D eigenvalue weighted by molar-refractivity contribution is -0.140. The van der Waals surface area contributed by atoms with Gasteiger partial charge in [-0.25, -0.2) is 4.39 Å². The normalized spacial score (nSPS) is 13.2. The highest BCUT2D eigenvalue weighted by Crippen LogP contribution is 2.36. The quantitative estimate of drug-likeness (QED) is 0.499. The molecule has 0 amide bonds. The van der Waals surface area contributed by atoms with Gasteiger partial charge < -0.3 is 0 Å². The van der Waals surface area contributed by atoms with Crippen molar-refractivity contribution in [3.63, 3.8) is 0 Å². The first kappa shape index (κ1) is 16.2. The van der Waals surface area contributed by atoms with Crippen molar-refractivity contribution in [2.45, 2.75) is 17.4 Å². The number of hydrogen-bond donors (Lipinski definition) is 0. The lowest BCUT2D eigenvalue weighted by Gasteiger charge is -2.14. The Morgan fingerprint density at radius 3 is 2.57 bits per heavy atom. The fourth-order valence-corrected chi connectivity index (χ4v) is 2.67. The summed E-state index contributed by atoms with van der Waals surface area (Å²) in [6, 6.07) is 4.63. The van der Waals surface area contributed by atoms with Gasteiger partial charge in [0.15, 0.2) is 0 Å². The molecule has 1 aromatic carbocycles. The van der Waals surface area contributed by atoms with Gasteiger partial charge in [-0.1, -0.05) is 33.6 Å². The fraction of sp³-hybridized carbons (Fsp3) is 0.214. The van der Waals surface area contributed by atoms with Crippen LogP contribution >= 0.6 is 27.5 Å². The molecule has 2 aromatic rings. The predicted molar refractivity (Wildman–Crippen MR) is 76.0 cm³/mol. The van der Waals surface area contributed by atoms with E-state index >= 15 is 0 Å². The monoisotopic (exact) mass is 381 g/mol. The molecule has 0 N–H and O–H groups in total. The lowest BCUT2D eigenvalue weighted by atomic mass is 10.0. The Hall–Kier alpha value is -1.14. The zero-order valence-corrected chi connectivity index (χ0v) is 12.8. The number of alkyl halides is 4. The Morgan fingerprint density at radius 1 is 1.24 bits per heavy atom. The summed E-state index contributed by atoms with van der Waals surface area (Å²) >= 11 is 9.28. The van der Waals surface area contributed by atoms with Crippen LogP contribution in [0, 0.1) is 5.82 Å². The van der Waals surface area contributed by atoms with E-state index in [1.165, 1.54) is 12.3 Å². The molecule has 2 rings (SSSR count). The van der Waals surface area contributed by atoms with Crippen LogP contribution in [-0.2, 0) is 12.6 Å². The molecule has 0 bridgehead atoms. The molecular weight excluding hydrogens is 374 g/mol. The first-order chi connectivity index (χ1) is 9.79. The van der Waals surface area contributed by atoms with Crippen LogP contribution in [0.5, 0.6) is 0 Å². The predicted octanol–water partition coefficient (Wildman–Crippen LogP) is 5.57. The molecule has 7 heteroatoms. The molecule has 0 radical (unpaired) electrons. The molecule has 21 heavy (non-hydrogen) atoms. The van der Waals surface area contributed by atoms with Crippen molar-refractivity contribution in [1.29, 1.82) is 0 Å². The molecule has 1 atom stereocenters. The van der Waals surface area contributed by atoms with Crippen molar-refractivity contribution in [2.75, 3.05) is 0 Å². The summed E-state index contributed by atoms with van der Waals surface area (Å²) in [6.45, 7) is 0. The SMILES string of the molecule is Fc1ccc(C(Br)Cc2ccncc2Cl)cc1C(F)(F)F. The van der Waals surface area contributed by atoms with Gasteiger partial charge in [0, 0.05) is 17.2 Å². The van der Waals surface area contributed by atoms with Crippen LogP contribution in [0.15, 0.2) is 36.7 Å². The van der Waals surface area contributed by atoms with Crippen molar-refractivity contribution >= 4 is 27.5 Å². The third kappa shape index (κ3) is 3.95. The largest absolute Gasteiger partial charge is 0.419 e. The molecule has 0 saturated carbocycles. The van der Waals surface area contributed by atoms with Gasteiger partial charge in [0.25, 0.3) is 0 Å². The number of benzene rings is 1. The standard InChI is InChI=1S/C14H9BrClF4N/c15-11(6-9-3-4-21-7-12(9)16)8-1-2-13(17)10(5-8)14(18,19)20/h1-5,7,11H,6H2. The van der Waals surface area contributed by atoms with E-state index in [-0.39, 0.29) is 0 Å². The fourth-order valence-electron chi connectivity index (χ4n) is 1.84. The molecule has 0 fully saturated rings. The highest BCUT2D eigenvalue weighted by atomic mass is 79.9. The van der Waals surface area contributed by atoms with Crippen molar-refractivity contribution in [1.82, 2.24) is 4.98 Å². The molecule has 1 aromatic heterocycles. The van der Waals surface area contributed by atoms with Gasteiger partial charge in [0.2, 0.25) is 0 Å². The van der Waals surface area contributed by atoms with Gasteiger partial charge in [0.05, 0.1) is 10.6 Å². The number of aromatic nitrogens is 1. The topological polar surface area (TPSA) is 12.9 Å². The van der Waals surface area contributed by atoms with Crippen LogP contribution in [0.1, 0.15) is 21.5 Å². The minimum atomic E-state index is -4.72. The third-order valence-electron chi connectivity index (χ3n) is 2.91. The van der Waals surface area contributed by atoms with Gasteiger partial charge in [-0.2, -0.15) is 13.2 Å². The summed E-state index contributed by atoms with van der Waals surface area (Å²) < 4.78 is 51.4. The highest BCUT2D eigenvalue weighted by molar-refractivity contribution is 9.09. The first-order valence-corrected chi connectivity index (χ1v) is 7.17. The molecule has 112 valence electrons. The molecule has 1 nitrogen and oxygen atoms in total. The average molecular weight is 383 g/mol. The molecule has 0 saturated heterocycles. The maximum atomic E-state index is 13.3. The molecule has 1 heterocycles. The third-order valence-corrected chi connectivity index (χ3v) is 4.11. The first-order valence-electron chi connectivity index (χ1n) is 5.88. The maximum absolute atomic E-state index is 13.3. The molecule has 1 unspecified atom stereocenters. The Kier molecular flexibility index (Phi) is 4.88. The Bertz CT molecular complexity index is 645. The Balaban J connectivity index is 2.28. The second-order valence-corrected chi connectivity index (χ2v) is 5.89. The van der Waals surface area contributed by atoms with Crippen LogP contribution < -0.4 is 0 Å². The number of halogens is 6. The molecule has 0 aliphatic carbocycles. The zero-order valence-electron chi connectivity index (χ0n) is 10.5. The number of hydrogen-bond acceptors (Lipinski definition) is 1. The molecule has 0 aliphatic rings. The van der Waals surface area contributed by atoms with E-state index in [9.17, 15) is 17.6 Å². The summed E-state index contributed by atoms with van der Waals surface area (Å²) in [6.07, 6.45) is -1.35. The smallest absolute Gasteiger partial charge is 0.263 e. The second-order valence-electron chi connectivity index (χ2n) is 4.38. The van der Waals surface area contributed by atoms with Crippen molar-refractivity contribution in [3.05, 3.63) is 64.2 Å². The van der Waals surface area contributed by atoms with Crippen LogP contribution in [0.4, 0.5) is 17.6 Å². The van der Waals surface area contributed by atoms with Crippen molar-refractivity contribution in [3.8, 4) is 0 Å². The summed E-state index contributed by atoms with van der Waals surface area (Å²) in [7, 11) is 0. The highest BCUT2D eigenvalue weighted by Gasteiger charge is 2.34. The number of rotatable bonds is 3. The summed E-state index contributed by atoms with van der Waals surface area (Å²) in [4.78, 5) is 3.42. The van der Waals surface area contributed by atoms with Gasteiger partial charge in [-0.05, 0) is 35.7 Å². The van der Waals surface area contributed by atoms with Crippen LogP contribution in [0.2, 0.25) is 5.02 Å². The summed E-state index contributed by atoms with van der Waals surface area (Å²) in [5, 5.41) is 0.431. The maximum Gasteiger partial charge on any atom is 0.419 e. The summed E-state index contributed by atoms with van der Waals surface area (Å²) in [5.41, 5.74) is -0.201. The second kappa shape index (κ2) is 6.32. The Morgan fingerprint density at radius 2 is 1.95 bits per heavy atom. The van der Waals surface area contributed by atoms with E-state index in [0.717, 1.165) is 17.7 Å². The molecule has 0 spiro atoms. The molecule has 0 aliphatic heterocycles. The van der Waals surface area contributed by atoms with E-state index < -0.39 is 22.4 Å². The number of nitrogens with zero attached hydrogens (tertiary/aromatic N) is 1. The van der Waals surface area contributed by atoms with Gasteiger partial charge in [0.1, 0.15) is 5.82 Å². The zero-order chi connectivity index (χ0) is 15.6. The van der Waals surface area contributed by atoms with E-state index in [1.54, 1.807) is 12.3 Å². The van der Waals surface area contributed by atoms with Crippen LogP contribution in [0.3, 0.4) is 0 Å². The number of pyridine rings is 1. The van der Waals surface area contributed by atoms with E-state index in [0.29, 0.717) is 17.0 Å². The lowest BCUT2D eigenvalue weighted by Crippen LogP contribution is -2.09. The Labute approximate surface area is 132 Å². The van der Waals surface area contributed by atoms with Crippen molar-refractivity contribution < 1.29 is 17.6 Å². The molecular formula is C14H9BrClF4N. The average Bonchev–Trinajstić information content (AvgIpc) is 2.40. The van der Waals surface area contributed by atoms with E-state index in [1.807, 2.05) is 0 Å². The van der Waals surface area contributed by atoms with Gasteiger partial charge >= 0.3 is 6.18 Å². The van der Waals surface area contributed by atoms with Crippen LogP contribution in [-0.4, -0.2) is 4.98 Å². The summed E-state index contributed by atoms with van der Waals surface area (Å²) in [5.74, 6) is -1.28. The van der Waals surface area contributed by atoms with Crippen molar-refractivity contribution in [2.24, 2.45) is 0 Å². The van der Waals surface area contributed by atoms with E-state index in [2.05, 4.69) is 20.9 Å². The minimum Gasteiger partial charge on any atom is -0.263 e. The minimum absolute atomic E-state index is 0.330. The van der Waals surface area contributed by atoms with E-state index in [4.69, 9.17) is 11.6 Å². The van der Waals surface area contributed by atoms with Crippen LogP contribution in [0.25, 0.3) is 0 Å². The van der Waals surface area contributed by atoms with Gasteiger partial charge in [-0.3, -0.25) is 4.98 Å². The van der Waals surface area contributed by atoms with Gasteiger partial charge in [-0.15, -0.1) is 0 Å².